The molecule has 3 aliphatic heterocycles. The Kier molecular flexibility index (Phi) is 8.24. The summed E-state index contributed by atoms with van der Waals surface area (Å²) in [6.45, 7) is 7.68. The molecule has 9 nitrogen and oxygen atoms in total. The van der Waals surface area contributed by atoms with Crippen molar-refractivity contribution in [2.45, 2.75) is 18.9 Å². The molecular weight excluding hydrogens is 606 g/mol. The number of amides is 1. The Labute approximate surface area is 258 Å². The number of carbonyl (C=O) groups is 1. The average Bonchev–Trinajstić information content (AvgIpc) is 3.39. The fourth-order valence-electron chi connectivity index (χ4n) is 5.81. The minimum atomic E-state index is -0.672. The molecule has 0 unspecified atom stereocenters. The molecule has 3 aliphatic rings. The van der Waals surface area contributed by atoms with Crippen LogP contribution < -0.4 is 19.7 Å². The third kappa shape index (κ3) is 5.30. The van der Waals surface area contributed by atoms with Crippen molar-refractivity contribution in [1.29, 1.82) is 0 Å². The van der Waals surface area contributed by atoms with Crippen molar-refractivity contribution in [3.8, 4) is 22.9 Å². The lowest BCUT2D eigenvalue weighted by atomic mass is 9.98. The maximum Gasteiger partial charge on any atom is 0.319 e. The second-order valence-electron chi connectivity index (χ2n) is 10.6. The normalized spacial score (nSPS) is 18.9. The number of piperazine rings is 1. The first kappa shape index (κ1) is 29.0. The van der Waals surface area contributed by atoms with Crippen LogP contribution in [0.4, 0.5) is 15.9 Å². The van der Waals surface area contributed by atoms with E-state index in [4.69, 9.17) is 54.2 Å². The lowest BCUT2D eigenvalue weighted by molar-refractivity contribution is -0.126. The number of anilines is 2. The second-order valence-corrected chi connectivity index (χ2v) is 11.8. The van der Waals surface area contributed by atoms with Gasteiger partial charge in [-0.25, -0.2) is 4.39 Å². The van der Waals surface area contributed by atoms with Crippen molar-refractivity contribution in [3.05, 3.63) is 45.7 Å². The molecule has 2 fully saturated rings. The van der Waals surface area contributed by atoms with Crippen LogP contribution in [-0.2, 0) is 4.79 Å². The van der Waals surface area contributed by atoms with Gasteiger partial charge in [-0.2, -0.15) is 9.97 Å². The van der Waals surface area contributed by atoms with E-state index >= 15 is 4.39 Å². The minimum absolute atomic E-state index is 0.112. The van der Waals surface area contributed by atoms with Crippen LogP contribution in [0, 0.1) is 5.82 Å². The fourth-order valence-corrected chi connectivity index (χ4v) is 6.63. The molecule has 0 bridgehead atoms. The Balaban J connectivity index is 1.51. The van der Waals surface area contributed by atoms with Gasteiger partial charge in [0.2, 0.25) is 5.91 Å². The monoisotopic (exact) mass is 634 g/mol. The van der Waals surface area contributed by atoms with Gasteiger partial charge < -0.3 is 29.5 Å². The zero-order valence-electron chi connectivity index (χ0n) is 23.1. The summed E-state index contributed by atoms with van der Waals surface area (Å²) >= 11 is 19.7. The van der Waals surface area contributed by atoms with Crippen LogP contribution >= 0.6 is 34.8 Å². The maximum absolute atomic E-state index is 15.7. The Morgan fingerprint density at radius 3 is 2.64 bits per heavy atom. The van der Waals surface area contributed by atoms with E-state index in [0.717, 1.165) is 19.4 Å². The van der Waals surface area contributed by atoms with Crippen LogP contribution in [0.25, 0.3) is 22.0 Å². The number of rotatable bonds is 5. The fraction of sp³-hybridized carbons (Fsp3) is 0.414. The van der Waals surface area contributed by atoms with Crippen molar-refractivity contribution in [3.63, 3.8) is 0 Å². The number of likely N-dealkylation sites (tertiary alicyclic amines) is 1. The topological polar surface area (TPSA) is 83.1 Å². The number of nitrogens with one attached hydrogen (secondary N) is 1. The van der Waals surface area contributed by atoms with E-state index < -0.39 is 5.82 Å². The highest BCUT2D eigenvalue weighted by molar-refractivity contribution is 6.39. The second kappa shape index (κ2) is 11.9. The third-order valence-electron chi connectivity index (χ3n) is 8.07. The molecule has 4 heterocycles. The number of fused-ring (bicyclic) bond motifs is 5. The number of ether oxygens (including phenoxy) is 2. The van der Waals surface area contributed by atoms with Crippen LogP contribution in [0.2, 0.25) is 15.1 Å². The van der Waals surface area contributed by atoms with Gasteiger partial charge in [0, 0.05) is 55.3 Å². The minimum Gasteiger partial charge on any atom is -0.489 e. The maximum atomic E-state index is 15.7. The van der Waals surface area contributed by atoms with Gasteiger partial charge in [-0.1, -0.05) is 41.4 Å². The van der Waals surface area contributed by atoms with Gasteiger partial charge >= 0.3 is 6.01 Å². The van der Waals surface area contributed by atoms with Crippen molar-refractivity contribution in [2.75, 3.05) is 69.7 Å². The van der Waals surface area contributed by atoms with Gasteiger partial charge in [0.15, 0.2) is 11.6 Å². The molecule has 222 valence electrons. The quantitative estimate of drug-likeness (QED) is 0.291. The van der Waals surface area contributed by atoms with Gasteiger partial charge in [0.1, 0.15) is 24.5 Å². The van der Waals surface area contributed by atoms with Crippen LogP contribution in [-0.4, -0.2) is 91.2 Å². The number of carbonyl (C=O) groups excluding carboxylic acids is 1. The van der Waals surface area contributed by atoms with Gasteiger partial charge in [0.05, 0.1) is 20.8 Å². The molecule has 1 aromatic heterocycles. The molecule has 3 aromatic rings. The Morgan fingerprint density at radius 2 is 1.93 bits per heavy atom. The number of hydrogen-bond acceptors (Lipinski definition) is 8. The number of hydrogen-bond donors (Lipinski definition) is 1. The van der Waals surface area contributed by atoms with Crippen molar-refractivity contribution in [1.82, 2.24) is 19.8 Å². The van der Waals surface area contributed by atoms with E-state index in [-0.39, 0.29) is 45.2 Å². The van der Waals surface area contributed by atoms with Gasteiger partial charge in [0.25, 0.3) is 0 Å². The summed E-state index contributed by atoms with van der Waals surface area (Å²) in [4.78, 5) is 27.9. The summed E-state index contributed by atoms with van der Waals surface area (Å²) in [5.74, 6) is 0.106. The first-order valence-electron chi connectivity index (χ1n) is 13.8. The highest BCUT2D eigenvalue weighted by atomic mass is 35.5. The number of nitrogens with zero attached hydrogens (tertiary/aromatic N) is 5. The lowest BCUT2D eigenvalue weighted by Gasteiger charge is -2.35. The number of halogens is 4. The molecule has 1 amide bonds. The average molecular weight is 636 g/mol. The van der Waals surface area contributed by atoms with Crippen molar-refractivity contribution < 1.29 is 18.7 Å². The summed E-state index contributed by atoms with van der Waals surface area (Å²) in [6.07, 6.45) is 3.45. The van der Waals surface area contributed by atoms with Crippen LogP contribution in [0.15, 0.2) is 24.8 Å². The van der Waals surface area contributed by atoms with E-state index in [1.807, 2.05) is 0 Å². The standard InChI is InChI=1S/C29H30Cl3FN6O3/c1-3-21(40)38-8-10-39(11-9-38)28-17-13-18(30)22-23-24(33)19(31)14-20(32)26(23)34-6-12-41-27(22)25(17)35-29(36-28)42-15-16-5-4-7-37(16)2/h3,13-14,16,34H,1,4-12,15H2,2H3/t16-/m0/s1. The molecule has 2 aromatic carbocycles. The SMILES string of the molecule is C=CC(=O)N1CCN(c2nc(OC[C@@H]3CCCN3C)nc3c4c(c(Cl)cc23)-c2c(F)c(Cl)cc(Cl)c2NCCO4)CC1. The molecule has 1 atom stereocenters. The van der Waals surface area contributed by atoms with E-state index in [1.54, 1.807) is 11.0 Å². The van der Waals surface area contributed by atoms with E-state index in [1.165, 1.54) is 12.1 Å². The van der Waals surface area contributed by atoms with E-state index in [9.17, 15) is 4.79 Å². The third-order valence-corrected chi connectivity index (χ3v) is 8.94. The van der Waals surface area contributed by atoms with Gasteiger partial charge in [-0.15, -0.1) is 0 Å². The van der Waals surface area contributed by atoms with E-state index in [0.29, 0.717) is 73.1 Å². The number of likely N-dealkylation sites (N-methyl/N-ethyl adjacent to an activating group) is 1. The number of benzene rings is 2. The molecule has 0 radical (unpaired) electrons. The highest BCUT2D eigenvalue weighted by Crippen LogP contribution is 2.50. The lowest BCUT2D eigenvalue weighted by Crippen LogP contribution is -2.48. The van der Waals surface area contributed by atoms with Gasteiger partial charge in [-0.3, -0.25) is 4.79 Å². The summed E-state index contributed by atoms with van der Waals surface area (Å²) in [5, 5.41) is 4.12. The molecule has 0 aliphatic carbocycles. The Hall–Kier alpha value is -3.05. The molecule has 0 saturated carbocycles. The molecule has 1 N–H and O–H groups in total. The molecule has 0 spiro atoms. The predicted octanol–water partition coefficient (Wildman–Crippen LogP) is 5.51. The highest BCUT2D eigenvalue weighted by Gasteiger charge is 2.31. The van der Waals surface area contributed by atoms with Crippen molar-refractivity contribution in [2.24, 2.45) is 0 Å². The summed E-state index contributed by atoms with van der Waals surface area (Å²) < 4.78 is 28.1. The van der Waals surface area contributed by atoms with Gasteiger partial charge in [-0.05, 0) is 44.6 Å². The Bertz CT molecular complexity index is 1570. The van der Waals surface area contributed by atoms with Crippen LogP contribution in [0.1, 0.15) is 12.8 Å². The predicted molar refractivity (Wildman–Crippen MR) is 164 cm³/mol. The summed E-state index contributed by atoms with van der Waals surface area (Å²) in [5.41, 5.74) is 1.21. The van der Waals surface area contributed by atoms with E-state index in [2.05, 4.69) is 28.7 Å². The molecule has 13 heteroatoms. The molecular formula is C29H30Cl3FN6O3. The summed E-state index contributed by atoms with van der Waals surface area (Å²) in [7, 11) is 2.08. The largest absolute Gasteiger partial charge is 0.489 e. The van der Waals surface area contributed by atoms with Crippen LogP contribution in [0.5, 0.6) is 11.8 Å². The smallest absolute Gasteiger partial charge is 0.319 e. The first-order chi connectivity index (χ1) is 20.3. The van der Waals surface area contributed by atoms with Crippen molar-refractivity contribution >= 4 is 63.1 Å². The summed E-state index contributed by atoms with van der Waals surface area (Å²) in [6, 6.07) is 3.51. The molecule has 2 saturated heterocycles. The molecule has 6 rings (SSSR count). The van der Waals surface area contributed by atoms with Crippen LogP contribution in [0.3, 0.4) is 0 Å². The first-order valence-corrected chi connectivity index (χ1v) is 15.0. The number of aromatic nitrogens is 2. The molecule has 42 heavy (non-hydrogen) atoms. The zero-order chi connectivity index (χ0) is 29.5. The Morgan fingerprint density at radius 1 is 1.14 bits per heavy atom. The zero-order valence-corrected chi connectivity index (χ0v) is 25.3.